The van der Waals surface area contributed by atoms with Crippen LogP contribution in [0.25, 0.3) is 0 Å². The van der Waals surface area contributed by atoms with Crippen molar-refractivity contribution >= 4 is 11.6 Å². The molecule has 2 rings (SSSR count). The highest BCUT2D eigenvalue weighted by molar-refractivity contribution is 5.93. The average Bonchev–Trinajstić information content (AvgIpc) is 2.85. The highest BCUT2D eigenvalue weighted by Gasteiger charge is 2.12. The second-order valence-corrected chi connectivity index (χ2v) is 5.12. The average molecular weight is 315 g/mol. The van der Waals surface area contributed by atoms with Crippen molar-refractivity contribution in [2.75, 3.05) is 19.0 Å². The van der Waals surface area contributed by atoms with Crippen LogP contribution < -0.4 is 14.8 Å². The van der Waals surface area contributed by atoms with E-state index >= 15 is 0 Å². The number of aromatic nitrogens is 2. The van der Waals surface area contributed by atoms with E-state index in [1.54, 1.807) is 13.2 Å². The third-order valence-corrected chi connectivity index (χ3v) is 3.36. The predicted molar refractivity (Wildman–Crippen MR) is 89.1 cm³/mol. The maximum Gasteiger partial charge on any atom is 0.262 e. The van der Waals surface area contributed by atoms with Gasteiger partial charge in [0.05, 0.1) is 24.2 Å². The molecule has 23 heavy (non-hydrogen) atoms. The fourth-order valence-corrected chi connectivity index (χ4v) is 2.18. The molecular formula is C17H21N3O3. The molecule has 0 saturated heterocycles. The first-order valence-corrected chi connectivity index (χ1v) is 7.27. The highest BCUT2D eigenvalue weighted by Crippen LogP contribution is 2.28. The zero-order valence-corrected chi connectivity index (χ0v) is 13.6. The van der Waals surface area contributed by atoms with E-state index in [1.165, 1.54) is 0 Å². The Balaban J connectivity index is 2.00. The quantitative estimate of drug-likeness (QED) is 0.770. The van der Waals surface area contributed by atoms with Gasteiger partial charge in [-0.15, -0.1) is 6.58 Å². The van der Waals surface area contributed by atoms with E-state index in [4.69, 9.17) is 9.47 Å². The van der Waals surface area contributed by atoms with Gasteiger partial charge in [-0.25, -0.2) is 0 Å². The minimum Gasteiger partial charge on any atom is -0.493 e. The van der Waals surface area contributed by atoms with Gasteiger partial charge < -0.3 is 14.8 Å². The number of allylic oxidation sites excluding steroid dienone is 1. The standard InChI is InChI=1S/C17H21N3O3/c1-5-6-13-7-8-14(15(9-13)22-4)23-10-16(21)18-17-11(2)19-20-12(17)3/h5,7-9H,1,6,10H2,2-4H3,(H,18,21)(H,19,20). The maximum absolute atomic E-state index is 12.0. The Labute approximate surface area is 135 Å². The number of aryl methyl sites for hydroxylation is 2. The van der Waals surface area contributed by atoms with E-state index in [-0.39, 0.29) is 12.5 Å². The van der Waals surface area contributed by atoms with Crippen LogP contribution >= 0.6 is 0 Å². The lowest BCUT2D eigenvalue weighted by molar-refractivity contribution is -0.118. The van der Waals surface area contributed by atoms with E-state index in [2.05, 4.69) is 22.1 Å². The molecule has 1 amide bonds. The van der Waals surface area contributed by atoms with Gasteiger partial charge in [0.1, 0.15) is 0 Å². The number of hydrogen-bond donors (Lipinski definition) is 2. The molecule has 1 heterocycles. The van der Waals surface area contributed by atoms with E-state index in [0.29, 0.717) is 17.2 Å². The fourth-order valence-electron chi connectivity index (χ4n) is 2.18. The summed E-state index contributed by atoms with van der Waals surface area (Å²) in [4.78, 5) is 12.0. The molecule has 0 aliphatic carbocycles. The number of aromatic amines is 1. The van der Waals surface area contributed by atoms with Gasteiger partial charge in [0, 0.05) is 0 Å². The molecule has 0 bridgehead atoms. The lowest BCUT2D eigenvalue weighted by Crippen LogP contribution is -2.21. The lowest BCUT2D eigenvalue weighted by Gasteiger charge is -2.12. The number of amides is 1. The van der Waals surface area contributed by atoms with Crippen LogP contribution in [0.1, 0.15) is 17.0 Å². The Morgan fingerprint density at radius 3 is 2.78 bits per heavy atom. The Bertz CT molecular complexity index is 688. The molecule has 0 fully saturated rings. The molecule has 0 aliphatic rings. The molecule has 6 nitrogen and oxygen atoms in total. The number of hydrogen-bond acceptors (Lipinski definition) is 4. The van der Waals surface area contributed by atoms with Gasteiger partial charge in [-0.3, -0.25) is 9.89 Å². The van der Waals surface area contributed by atoms with Crippen LogP contribution in [0.5, 0.6) is 11.5 Å². The van der Waals surface area contributed by atoms with Crippen molar-refractivity contribution in [1.29, 1.82) is 0 Å². The number of methoxy groups -OCH3 is 1. The second kappa shape index (κ2) is 7.49. The van der Waals surface area contributed by atoms with Gasteiger partial charge in [0.2, 0.25) is 0 Å². The maximum atomic E-state index is 12.0. The summed E-state index contributed by atoms with van der Waals surface area (Å²) in [6.07, 6.45) is 2.56. The molecule has 1 aromatic carbocycles. The number of ether oxygens (including phenoxy) is 2. The topological polar surface area (TPSA) is 76.2 Å². The molecule has 0 saturated carbocycles. The SMILES string of the molecule is C=CCc1ccc(OCC(=O)Nc2c(C)n[nH]c2C)c(OC)c1. The van der Waals surface area contributed by atoms with Gasteiger partial charge in [-0.2, -0.15) is 5.10 Å². The summed E-state index contributed by atoms with van der Waals surface area (Å²) in [6, 6.07) is 5.58. The highest BCUT2D eigenvalue weighted by atomic mass is 16.5. The smallest absolute Gasteiger partial charge is 0.262 e. The zero-order chi connectivity index (χ0) is 16.8. The van der Waals surface area contributed by atoms with Crippen molar-refractivity contribution < 1.29 is 14.3 Å². The molecule has 0 unspecified atom stereocenters. The van der Waals surface area contributed by atoms with Crippen molar-refractivity contribution in [1.82, 2.24) is 10.2 Å². The predicted octanol–water partition coefficient (Wildman–Crippen LogP) is 2.78. The summed E-state index contributed by atoms with van der Waals surface area (Å²) in [5.74, 6) is 0.860. The number of benzene rings is 1. The summed E-state index contributed by atoms with van der Waals surface area (Å²) < 4.78 is 10.9. The molecule has 2 N–H and O–H groups in total. The van der Waals surface area contributed by atoms with Gasteiger partial charge >= 0.3 is 0 Å². The van der Waals surface area contributed by atoms with Gasteiger partial charge in [0.25, 0.3) is 5.91 Å². The number of nitrogens with zero attached hydrogens (tertiary/aromatic N) is 1. The number of rotatable bonds is 7. The van der Waals surface area contributed by atoms with Crippen LogP contribution in [-0.2, 0) is 11.2 Å². The van der Waals surface area contributed by atoms with Crippen molar-refractivity contribution in [2.24, 2.45) is 0 Å². The van der Waals surface area contributed by atoms with Gasteiger partial charge in [0.15, 0.2) is 18.1 Å². The van der Waals surface area contributed by atoms with Crippen molar-refractivity contribution in [2.45, 2.75) is 20.3 Å². The van der Waals surface area contributed by atoms with E-state index in [1.807, 2.05) is 32.1 Å². The van der Waals surface area contributed by atoms with E-state index in [9.17, 15) is 4.79 Å². The number of nitrogens with one attached hydrogen (secondary N) is 2. The van der Waals surface area contributed by atoms with E-state index < -0.39 is 0 Å². The monoisotopic (exact) mass is 315 g/mol. The van der Waals surface area contributed by atoms with Crippen molar-refractivity contribution in [3.05, 3.63) is 47.8 Å². The summed E-state index contributed by atoms with van der Waals surface area (Å²) in [6.45, 7) is 7.27. The zero-order valence-electron chi connectivity index (χ0n) is 13.6. The van der Waals surface area contributed by atoms with Crippen LogP contribution in [0.3, 0.4) is 0 Å². The number of H-pyrrole nitrogens is 1. The van der Waals surface area contributed by atoms with Crippen LogP contribution in [0.4, 0.5) is 5.69 Å². The lowest BCUT2D eigenvalue weighted by atomic mass is 10.1. The number of anilines is 1. The molecule has 0 aliphatic heterocycles. The largest absolute Gasteiger partial charge is 0.493 e. The van der Waals surface area contributed by atoms with E-state index in [0.717, 1.165) is 23.4 Å². The minimum absolute atomic E-state index is 0.110. The second-order valence-electron chi connectivity index (χ2n) is 5.12. The summed E-state index contributed by atoms with van der Waals surface area (Å²) in [7, 11) is 1.57. The molecule has 2 aromatic rings. The summed E-state index contributed by atoms with van der Waals surface area (Å²) in [5, 5.41) is 9.64. The van der Waals surface area contributed by atoms with Crippen LogP contribution in [0, 0.1) is 13.8 Å². The third kappa shape index (κ3) is 4.12. The molecule has 0 spiro atoms. The first kappa shape index (κ1) is 16.6. The fraction of sp³-hybridized carbons (Fsp3) is 0.294. The number of carbonyl (C=O) groups is 1. The first-order valence-electron chi connectivity index (χ1n) is 7.27. The van der Waals surface area contributed by atoms with Crippen LogP contribution in [0.15, 0.2) is 30.9 Å². The number of carbonyl (C=O) groups excluding carboxylic acids is 1. The summed E-state index contributed by atoms with van der Waals surface area (Å²) >= 11 is 0. The normalized spacial score (nSPS) is 10.2. The Morgan fingerprint density at radius 1 is 1.39 bits per heavy atom. The Morgan fingerprint density at radius 2 is 2.17 bits per heavy atom. The Hall–Kier alpha value is -2.76. The molecule has 122 valence electrons. The Kier molecular flexibility index (Phi) is 5.41. The molecule has 1 aromatic heterocycles. The van der Waals surface area contributed by atoms with Crippen molar-refractivity contribution in [3.63, 3.8) is 0 Å². The molecular weight excluding hydrogens is 294 g/mol. The van der Waals surface area contributed by atoms with Crippen molar-refractivity contribution in [3.8, 4) is 11.5 Å². The molecule has 0 atom stereocenters. The first-order chi connectivity index (χ1) is 11.0. The van der Waals surface area contributed by atoms with Gasteiger partial charge in [-0.1, -0.05) is 12.1 Å². The molecule has 6 heteroatoms. The van der Waals surface area contributed by atoms with Crippen LogP contribution in [0.2, 0.25) is 0 Å². The molecule has 0 radical (unpaired) electrons. The minimum atomic E-state index is -0.255. The summed E-state index contributed by atoms with van der Waals surface area (Å²) in [5.41, 5.74) is 3.30. The van der Waals surface area contributed by atoms with Gasteiger partial charge in [-0.05, 0) is 38.0 Å². The van der Waals surface area contributed by atoms with Crippen LogP contribution in [-0.4, -0.2) is 29.8 Å². The third-order valence-electron chi connectivity index (χ3n) is 3.36.